The summed E-state index contributed by atoms with van der Waals surface area (Å²) >= 11 is 0. The molecule has 2 unspecified atom stereocenters. The first kappa shape index (κ1) is 13.6. The Morgan fingerprint density at radius 1 is 1.11 bits per heavy atom. The minimum absolute atomic E-state index is 0.00307. The quantitative estimate of drug-likeness (QED) is 0.805. The van der Waals surface area contributed by atoms with Gasteiger partial charge in [-0.15, -0.1) is 0 Å². The highest BCUT2D eigenvalue weighted by molar-refractivity contribution is 5.71. The maximum absolute atomic E-state index is 12.5. The number of rotatable bonds is 2. The summed E-state index contributed by atoms with van der Waals surface area (Å²) in [4.78, 5) is 11.1. The van der Waals surface area contributed by atoms with Gasteiger partial charge in [0, 0.05) is 6.54 Å². The third kappa shape index (κ3) is 2.79. The van der Waals surface area contributed by atoms with E-state index in [4.69, 9.17) is 5.11 Å². The topological polar surface area (TPSA) is 49.3 Å². The number of hydrogen-bond donors (Lipinski definition) is 2. The molecule has 0 aromatic carbocycles. The van der Waals surface area contributed by atoms with Crippen LogP contribution in [-0.2, 0) is 4.79 Å². The number of aliphatic carboxylic acids is 1. The molecule has 1 heterocycles. The summed E-state index contributed by atoms with van der Waals surface area (Å²) in [7, 11) is 0. The molecular formula is C12H18F3NO2. The average Bonchev–Trinajstić information content (AvgIpc) is 2.77. The zero-order chi connectivity index (χ0) is 13.3. The van der Waals surface area contributed by atoms with Crippen molar-refractivity contribution in [1.29, 1.82) is 0 Å². The summed E-state index contributed by atoms with van der Waals surface area (Å²) in [5.74, 6) is -2.33. The molecule has 1 saturated carbocycles. The van der Waals surface area contributed by atoms with Gasteiger partial charge in [0.25, 0.3) is 0 Å². The van der Waals surface area contributed by atoms with Crippen LogP contribution in [0.4, 0.5) is 13.2 Å². The molecule has 0 amide bonds. The first-order valence-corrected chi connectivity index (χ1v) is 6.40. The number of carboxylic acids is 1. The third-order valence-electron chi connectivity index (χ3n) is 4.42. The summed E-state index contributed by atoms with van der Waals surface area (Å²) in [5.41, 5.74) is 0. The monoisotopic (exact) mass is 265 g/mol. The average molecular weight is 265 g/mol. The Morgan fingerprint density at radius 2 is 1.72 bits per heavy atom. The molecule has 3 nitrogen and oxygen atoms in total. The summed E-state index contributed by atoms with van der Waals surface area (Å²) < 4.78 is 37.6. The van der Waals surface area contributed by atoms with E-state index in [1.54, 1.807) is 0 Å². The lowest BCUT2D eigenvalue weighted by molar-refractivity contribution is -0.185. The van der Waals surface area contributed by atoms with E-state index < -0.39 is 24.0 Å². The highest BCUT2D eigenvalue weighted by atomic mass is 19.4. The maximum atomic E-state index is 12.5. The summed E-state index contributed by atoms with van der Waals surface area (Å²) in [6.07, 6.45) is -2.79. The molecule has 0 spiro atoms. The summed E-state index contributed by atoms with van der Waals surface area (Å²) in [6.45, 7) is 1.07. The lowest BCUT2D eigenvalue weighted by Crippen LogP contribution is -2.34. The van der Waals surface area contributed by atoms with E-state index in [1.165, 1.54) is 0 Å². The molecule has 0 bridgehead atoms. The van der Waals surface area contributed by atoms with Crippen molar-refractivity contribution >= 4 is 5.97 Å². The second-order valence-corrected chi connectivity index (χ2v) is 5.42. The predicted molar refractivity (Wildman–Crippen MR) is 59.0 cm³/mol. The van der Waals surface area contributed by atoms with Gasteiger partial charge < -0.3 is 10.4 Å². The van der Waals surface area contributed by atoms with Crippen LogP contribution in [0.25, 0.3) is 0 Å². The summed E-state index contributed by atoms with van der Waals surface area (Å²) in [6, 6.07) is 0. The normalized spacial score (nSPS) is 37.7. The van der Waals surface area contributed by atoms with Crippen molar-refractivity contribution in [2.45, 2.75) is 31.9 Å². The van der Waals surface area contributed by atoms with Crippen LogP contribution in [0, 0.1) is 23.7 Å². The molecule has 0 aromatic heterocycles. The van der Waals surface area contributed by atoms with Crippen molar-refractivity contribution in [2.24, 2.45) is 23.7 Å². The van der Waals surface area contributed by atoms with Gasteiger partial charge in [-0.1, -0.05) is 0 Å². The van der Waals surface area contributed by atoms with Crippen LogP contribution in [0.1, 0.15) is 25.7 Å². The summed E-state index contributed by atoms with van der Waals surface area (Å²) in [5, 5.41) is 12.1. The first-order valence-electron chi connectivity index (χ1n) is 6.40. The van der Waals surface area contributed by atoms with Gasteiger partial charge in [-0.05, 0) is 44.1 Å². The van der Waals surface area contributed by atoms with Crippen molar-refractivity contribution in [3.63, 3.8) is 0 Å². The molecule has 104 valence electrons. The predicted octanol–water partition coefficient (Wildman–Crippen LogP) is 2.28. The first-order chi connectivity index (χ1) is 8.39. The van der Waals surface area contributed by atoms with Crippen LogP contribution in [0.5, 0.6) is 0 Å². The van der Waals surface area contributed by atoms with Gasteiger partial charge in [0.1, 0.15) is 0 Å². The number of carbonyl (C=O) groups is 1. The van der Waals surface area contributed by atoms with Crippen molar-refractivity contribution in [3.8, 4) is 0 Å². The second-order valence-electron chi connectivity index (χ2n) is 5.42. The van der Waals surface area contributed by atoms with Gasteiger partial charge in [0.15, 0.2) is 0 Å². The fourth-order valence-electron chi connectivity index (χ4n) is 3.34. The Bertz CT molecular complexity index is 311. The molecule has 2 N–H and O–H groups in total. The van der Waals surface area contributed by atoms with Crippen molar-refractivity contribution in [1.82, 2.24) is 5.32 Å². The van der Waals surface area contributed by atoms with Gasteiger partial charge in [-0.3, -0.25) is 4.79 Å². The van der Waals surface area contributed by atoms with Crippen LogP contribution in [0.2, 0.25) is 0 Å². The van der Waals surface area contributed by atoms with Gasteiger partial charge in [0.2, 0.25) is 0 Å². The van der Waals surface area contributed by atoms with Gasteiger partial charge in [-0.25, -0.2) is 0 Å². The molecular weight excluding hydrogens is 247 g/mol. The number of hydrogen-bond acceptors (Lipinski definition) is 2. The number of carboxylic acid groups (broad SMARTS) is 1. The van der Waals surface area contributed by atoms with E-state index in [0.29, 0.717) is 25.9 Å². The zero-order valence-corrected chi connectivity index (χ0v) is 10.0. The Hall–Kier alpha value is -0.780. The molecule has 18 heavy (non-hydrogen) atoms. The molecule has 1 aliphatic carbocycles. The molecule has 2 fully saturated rings. The van der Waals surface area contributed by atoms with Crippen molar-refractivity contribution < 1.29 is 23.1 Å². The second kappa shape index (κ2) is 5.07. The molecule has 2 rings (SSSR count). The fourth-order valence-corrected chi connectivity index (χ4v) is 3.34. The van der Waals surface area contributed by atoms with Crippen LogP contribution < -0.4 is 5.32 Å². The smallest absolute Gasteiger partial charge is 0.391 e. The Balaban J connectivity index is 1.91. The molecule has 0 aromatic rings. The molecule has 1 saturated heterocycles. The third-order valence-corrected chi connectivity index (χ3v) is 4.42. The van der Waals surface area contributed by atoms with E-state index in [-0.39, 0.29) is 24.7 Å². The minimum atomic E-state index is -4.09. The fraction of sp³-hybridized carbons (Fsp3) is 0.917. The number of nitrogens with one attached hydrogen (secondary N) is 1. The molecule has 6 heteroatoms. The Kier molecular flexibility index (Phi) is 3.84. The minimum Gasteiger partial charge on any atom is -0.481 e. The lowest BCUT2D eigenvalue weighted by Gasteiger charge is -2.34. The molecule has 0 radical (unpaired) electrons. The van der Waals surface area contributed by atoms with E-state index in [9.17, 15) is 18.0 Å². The number of alkyl halides is 3. The Labute approximate surface area is 104 Å². The standard InChI is InChI=1S/C12H18F3NO2/c13-12(14,15)8-3-1-7(2-4-8)9-5-16-6-10(9)11(17)18/h7-10,16H,1-6H2,(H,17,18). The van der Waals surface area contributed by atoms with Gasteiger partial charge in [-0.2, -0.15) is 13.2 Å². The largest absolute Gasteiger partial charge is 0.481 e. The molecule has 2 atom stereocenters. The van der Waals surface area contributed by atoms with E-state index in [2.05, 4.69) is 5.32 Å². The van der Waals surface area contributed by atoms with Gasteiger partial charge >= 0.3 is 12.1 Å². The molecule has 1 aliphatic heterocycles. The highest BCUT2D eigenvalue weighted by Gasteiger charge is 2.45. The van der Waals surface area contributed by atoms with Crippen LogP contribution in [0.15, 0.2) is 0 Å². The van der Waals surface area contributed by atoms with Crippen LogP contribution in [0.3, 0.4) is 0 Å². The number of halogens is 3. The Morgan fingerprint density at radius 3 is 2.22 bits per heavy atom. The van der Waals surface area contributed by atoms with Crippen molar-refractivity contribution in [2.75, 3.05) is 13.1 Å². The van der Waals surface area contributed by atoms with Crippen molar-refractivity contribution in [3.05, 3.63) is 0 Å². The van der Waals surface area contributed by atoms with E-state index in [0.717, 1.165) is 0 Å². The van der Waals surface area contributed by atoms with E-state index in [1.807, 2.05) is 0 Å². The SMILES string of the molecule is O=C(O)C1CNCC1C1CCC(C(F)(F)F)CC1. The maximum Gasteiger partial charge on any atom is 0.391 e. The lowest BCUT2D eigenvalue weighted by atomic mass is 9.72. The van der Waals surface area contributed by atoms with Gasteiger partial charge in [0.05, 0.1) is 11.8 Å². The molecule has 2 aliphatic rings. The zero-order valence-electron chi connectivity index (χ0n) is 10.0. The highest BCUT2D eigenvalue weighted by Crippen LogP contribution is 2.43. The van der Waals surface area contributed by atoms with Crippen LogP contribution >= 0.6 is 0 Å². The van der Waals surface area contributed by atoms with E-state index >= 15 is 0 Å². The van der Waals surface area contributed by atoms with Crippen LogP contribution in [-0.4, -0.2) is 30.3 Å².